The Morgan fingerprint density at radius 1 is 1.36 bits per heavy atom. The molecule has 1 heteroatoms. The van der Waals surface area contributed by atoms with Crippen molar-refractivity contribution in [3.8, 4) is 5.75 Å². The van der Waals surface area contributed by atoms with Gasteiger partial charge in [-0.1, -0.05) is 19.9 Å². The van der Waals surface area contributed by atoms with Crippen molar-refractivity contribution in [2.45, 2.75) is 26.7 Å². The van der Waals surface area contributed by atoms with E-state index < -0.39 is 0 Å². The van der Waals surface area contributed by atoms with E-state index in [1.807, 2.05) is 6.92 Å². The Morgan fingerprint density at radius 2 is 2.09 bits per heavy atom. The molecule has 0 saturated heterocycles. The van der Waals surface area contributed by atoms with Gasteiger partial charge in [0.05, 0.1) is 0 Å². The lowest BCUT2D eigenvalue weighted by Gasteiger charge is -2.05. The molecule has 1 nitrogen and oxygen atoms in total. The summed E-state index contributed by atoms with van der Waals surface area (Å²) in [6.07, 6.45) is 1.82. The van der Waals surface area contributed by atoms with E-state index in [0.29, 0.717) is 5.75 Å². The van der Waals surface area contributed by atoms with Gasteiger partial charge in [-0.2, -0.15) is 0 Å². The molecule has 1 radical (unpaired) electrons. The summed E-state index contributed by atoms with van der Waals surface area (Å²) in [5, 5.41) is 9.40. The van der Waals surface area contributed by atoms with Crippen LogP contribution < -0.4 is 0 Å². The van der Waals surface area contributed by atoms with Crippen molar-refractivity contribution in [3.05, 3.63) is 29.3 Å². The van der Waals surface area contributed by atoms with E-state index in [1.54, 1.807) is 12.1 Å². The number of aromatic hydroxyl groups is 1. The van der Waals surface area contributed by atoms with E-state index in [4.69, 9.17) is 0 Å². The van der Waals surface area contributed by atoms with Crippen LogP contribution in [-0.4, -0.2) is 5.11 Å². The molecular weight excluding hydrogens is 136 g/mol. The first-order valence-corrected chi connectivity index (χ1v) is 4.01. The Kier molecular flexibility index (Phi) is 2.53. The second kappa shape index (κ2) is 3.42. The third-order valence-electron chi connectivity index (χ3n) is 1.88. The second-order valence-corrected chi connectivity index (χ2v) is 2.53. The van der Waals surface area contributed by atoms with Crippen LogP contribution in [0.25, 0.3) is 0 Å². The number of benzene rings is 1. The van der Waals surface area contributed by atoms with Crippen LogP contribution in [0.2, 0.25) is 0 Å². The number of rotatable bonds is 2. The molecule has 0 aliphatic heterocycles. The molecule has 1 aromatic carbocycles. The standard InChI is InChI=1S/C10H13O/c1-3-8-6-5-7-10(11)9(8)4-2/h5,7,11H,3-4H2,1-2H3. The van der Waals surface area contributed by atoms with Gasteiger partial charge in [-0.25, -0.2) is 0 Å². The van der Waals surface area contributed by atoms with Crippen molar-refractivity contribution in [2.75, 3.05) is 0 Å². The maximum Gasteiger partial charge on any atom is 0.119 e. The highest BCUT2D eigenvalue weighted by molar-refractivity contribution is 5.38. The van der Waals surface area contributed by atoms with Gasteiger partial charge in [-0.3, -0.25) is 0 Å². The molecule has 0 saturated carbocycles. The summed E-state index contributed by atoms with van der Waals surface area (Å²) in [5.41, 5.74) is 2.17. The second-order valence-electron chi connectivity index (χ2n) is 2.53. The van der Waals surface area contributed by atoms with Gasteiger partial charge in [0, 0.05) is 0 Å². The fourth-order valence-corrected chi connectivity index (χ4v) is 1.27. The van der Waals surface area contributed by atoms with Gasteiger partial charge < -0.3 is 5.11 Å². The predicted octanol–water partition coefficient (Wildman–Crippen LogP) is 2.32. The Morgan fingerprint density at radius 3 is 2.55 bits per heavy atom. The van der Waals surface area contributed by atoms with E-state index in [9.17, 15) is 5.11 Å². The smallest absolute Gasteiger partial charge is 0.119 e. The predicted molar refractivity (Wildman–Crippen MR) is 45.7 cm³/mol. The molecule has 0 unspecified atom stereocenters. The van der Waals surface area contributed by atoms with Crippen molar-refractivity contribution in [1.29, 1.82) is 0 Å². The van der Waals surface area contributed by atoms with Crippen molar-refractivity contribution in [1.82, 2.24) is 0 Å². The van der Waals surface area contributed by atoms with E-state index in [0.717, 1.165) is 24.0 Å². The zero-order valence-electron chi connectivity index (χ0n) is 7.02. The lowest BCUT2D eigenvalue weighted by Crippen LogP contribution is -1.90. The maximum absolute atomic E-state index is 9.40. The normalized spacial score (nSPS) is 10.0. The van der Waals surface area contributed by atoms with Gasteiger partial charge in [-0.05, 0) is 36.1 Å². The molecule has 0 bridgehead atoms. The summed E-state index contributed by atoms with van der Waals surface area (Å²) in [6.45, 7) is 4.12. The van der Waals surface area contributed by atoms with Crippen LogP contribution in [0.5, 0.6) is 5.75 Å². The quantitative estimate of drug-likeness (QED) is 0.684. The topological polar surface area (TPSA) is 20.2 Å². The first-order valence-electron chi connectivity index (χ1n) is 4.01. The molecule has 0 atom stereocenters. The zero-order chi connectivity index (χ0) is 8.27. The van der Waals surface area contributed by atoms with E-state index in [1.165, 1.54) is 0 Å². The Bertz CT molecular complexity index is 241. The summed E-state index contributed by atoms with van der Waals surface area (Å²) < 4.78 is 0. The lowest BCUT2D eigenvalue weighted by molar-refractivity contribution is 0.468. The van der Waals surface area contributed by atoms with Gasteiger partial charge in [-0.15, -0.1) is 0 Å². The monoisotopic (exact) mass is 149 g/mol. The van der Waals surface area contributed by atoms with Crippen molar-refractivity contribution in [2.24, 2.45) is 0 Å². The number of phenols is 1. The number of hydrogen-bond acceptors (Lipinski definition) is 1. The first kappa shape index (κ1) is 8.12. The average Bonchev–Trinajstić information content (AvgIpc) is 2.04. The highest BCUT2D eigenvalue weighted by Gasteiger charge is 2.02. The number of aryl methyl sites for hydroxylation is 1. The summed E-state index contributed by atoms with van der Waals surface area (Å²) in [5.74, 6) is 0.406. The van der Waals surface area contributed by atoms with Gasteiger partial charge >= 0.3 is 0 Å². The lowest BCUT2D eigenvalue weighted by atomic mass is 10.0. The van der Waals surface area contributed by atoms with E-state index >= 15 is 0 Å². The molecule has 0 spiro atoms. The molecule has 0 aromatic heterocycles. The molecule has 0 heterocycles. The summed E-state index contributed by atoms with van der Waals surface area (Å²) in [6, 6.07) is 6.58. The third-order valence-corrected chi connectivity index (χ3v) is 1.88. The molecule has 0 amide bonds. The van der Waals surface area contributed by atoms with Gasteiger partial charge in [0.25, 0.3) is 0 Å². The molecule has 11 heavy (non-hydrogen) atoms. The van der Waals surface area contributed by atoms with Crippen LogP contribution in [0.1, 0.15) is 25.0 Å². The Hall–Kier alpha value is -0.980. The molecule has 1 aromatic rings. The molecule has 1 rings (SSSR count). The fourth-order valence-electron chi connectivity index (χ4n) is 1.27. The maximum atomic E-state index is 9.40. The highest BCUT2D eigenvalue weighted by atomic mass is 16.3. The van der Waals surface area contributed by atoms with Crippen molar-refractivity contribution < 1.29 is 5.11 Å². The minimum atomic E-state index is 0.406. The van der Waals surface area contributed by atoms with Crippen LogP contribution in [-0.2, 0) is 12.8 Å². The molecule has 0 aliphatic rings. The van der Waals surface area contributed by atoms with E-state index in [-0.39, 0.29) is 0 Å². The minimum Gasteiger partial charge on any atom is -0.508 e. The summed E-state index contributed by atoms with van der Waals surface area (Å²) in [7, 11) is 0. The Labute approximate surface area is 67.7 Å². The average molecular weight is 149 g/mol. The van der Waals surface area contributed by atoms with Gasteiger partial charge in [0.1, 0.15) is 5.75 Å². The van der Waals surface area contributed by atoms with Crippen LogP contribution in [0.3, 0.4) is 0 Å². The minimum absolute atomic E-state index is 0.406. The van der Waals surface area contributed by atoms with Crippen molar-refractivity contribution >= 4 is 0 Å². The summed E-state index contributed by atoms with van der Waals surface area (Å²) in [4.78, 5) is 0. The van der Waals surface area contributed by atoms with Crippen LogP contribution in [0, 0.1) is 6.07 Å². The van der Waals surface area contributed by atoms with Gasteiger partial charge in [0.15, 0.2) is 0 Å². The van der Waals surface area contributed by atoms with Crippen LogP contribution in [0.15, 0.2) is 12.1 Å². The molecule has 0 aliphatic carbocycles. The number of hydrogen-bond donors (Lipinski definition) is 1. The highest BCUT2D eigenvalue weighted by Crippen LogP contribution is 2.20. The SMILES string of the molecule is CCc1[c]ccc(O)c1CC. The third kappa shape index (κ3) is 1.53. The Balaban J connectivity index is 3.13. The number of phenolic OH excluding ortho intramolecular Hbond substituents is 1. The van der Waals surface area contributed by atoms with Gasteiger partial charge in [0.2, 0.25) is 0 Å². The molecular formula is C10H13O. The largest absolute Gasteiger partial charge is 0.508 e. The molecule has 59 valence electrons. The first-order chi connectivity index (χ1) is 5.29. The summed E-state index contributed by atoms with van der Waals surface area (Å²) >= 11 is 0. The van der Waals surface area contributed by atoms with Crippen molar-refractivity contribution in [3.63, 3.8) is 0 Å². The fraction of sp³-hybridized carbons (Fsp3) is 0.400. The molecule has 0 fully saturated rings. The zero-order valence-corrected chi connectivity index (χ0v) is 7.02. The molecule has 1 N–H and O–H groups in total. The van der Waals surface area contributed by atoms with E-state index in [2.05, 4.69) is 13.0 Å². The van der Waals surface area contributed by atoms with Crippen LogP contribution in [0.4, 0.5) is 0 Å². The van der Waals surface area contributed by atoms with Crippen LogP contribution >= 0.6 is 0 Å².